The Balaban J connectivity index is 0.000000133. The third-order valence-corrected chi connectivity index (χ3v) is 23.9. The van der Waals surface area contributed by atoms with Gasteiger partial charge in [-0.15, -0.1) is 5.10 Å². The van der Waals surface area contributed by atoms with Gasteiger partial charge in [0.1, 0.15) is 23.3 Å². The fourth-order valence-electron chi connectivity index (χ4n) is 18.3. The molecule has 0 radical (unpaired) electrons. The van der Waals surface area contributed by atoms with Crippen molar-refractivity contribution in [2.45, 2.75) is 232 Å². The predicted molar refractivity (Wildman–Crippen MR) is 402 cm³/mol. The zero-order valence-corrected chi connectivity index (χ0v) is 62.2. The van der Waals surface area contributed by atoms with Gasteiger partial charge < -0.3 is 37.9 Å². The molecule has 5 aromatic heterocycles. The maximum Gasteiger partial charge on any atom is 0.414 e. The number of ketones is 1. The van der Waals surface area contributed by atoms with E-state index in [4.69, 9.17) is 29.2 Å². The second-order valence-electron chi connectivity index (χ2n) is 30.5. The Morgan fingerprint density at radius 3 is 1.54 bits per heavy atom. The van der Waals surface area contributed by atoms with E-state index < -0.39 is 5.97 Å². The van der Waals surface area contributed by atoms with Gasteiger partial charge in [0.25, 0.3) is 5.95 Å². The van der Waals surface area contributed by atoms with Crippen LogP contribution in [0.25, 0.3) is 33.1 Å². The number of aromatic nitrogens is 12. The van der Waals surface area contributed by atoms with Crippen LogP contribution in [0.5, 0.6) is 0 Å². The number of tetrazole rings is 1. The summed E-state index contributed by atoms with van der Waals surface area (Å²) in [5, 5.41) is 28.5. The van der Waals surface area contributed by atoms with Gasteiger partial charge >= 0.3 is 24.2 Å². The van der Waals surface area contributed by atoms with E-state index >= 15 is 0 Å². The number of Topliss-reactive ketones (excluding diaryl/α,β-unsaturated/α-hetero) is 1. The molecule has 0 bridgehead atoms. The third kappa shape index (κ3) is 14.8. The highest BCUT2D eigenvalue weighted by atomic mass is 16.6. The van der Waals surface area contributed by atoms with E-state index in [2.05, 4.69) is 113 Å². The zero-order chi connectivity index (χ0) is 73.2. The minimum atomic E-state index is -0.695. The number of hydrogen-bond donors (Lipinski definition) is 2. The molecule has 9 heterocycles. The Bertz CT molecular complexity index is 4590. The number of benzene rings is 4. The van der Waals surface area contributed by atoms with Crippen molar-refractivity contribution in [1.82, 2.24) is 59.1 Å². The van der Waals surface area contributed by atoms with Crippen LogP contribution in [-0.4, -0.2) is 147 Å². The summed E-state index contributed by atoms with van der Waals surface area (Å²) in [7, 11) is 4.31. The summed E-state index contributed by atoms with van der Waals surface area (Å²) in [5.41, 5.74) is 14.8. The molecule has 25 heteroatoms. The Morgan fingerprint density at radius 1 is 0.552 bits per heavy atom. The minimum absolute atomic E-state index is 0.0586. The lowest BCUT2D eigenvalue weighted by molar-refractivity contribution is -0.143. The summed E-state index contributed by atoms with van der Waals surface area (Å²) >= 11 is 0. The van der Waals surface area contributed by atoms with E-state index in [9.17, 15) is 29.1 Å². The van der Waals surface area contributed by atoms with Crippen LogP contribution in [0.3, 0.4) is 0 Å². The summed E-state index contributed by atoms with van der Waals surface area (Å²) in [5.74, 6) is 4.21. The summed E-state index contributed by atoms with van der Waals surface area (Å²) in [6, 6.07) is 24.1. The SMILES string of the molecule is COC(=O)N1c2ccc3c(nc(CCC4CCCC4)n3[C@@H]3CCC[C@@H](C(C)=O)C3)c2CC[C@@H]1C.COC(=O)N1c2ccc3c(nc(CCn4cc(C)cn4)n3C3CCC(C(=O)O)CC3)c2CC[C@@H]1C.COC(=O)N1c2ccc3c(nc(Cc4ccccc4)n3C3CCN(c4nn[nH]n4)CC3)c2CC[C@@H]1C. The number of carboxylic acids is 1. The van der Waals surface area contributed by atoms with E-state index in [-0.39, 0.29) is 54.3 Å². The van der Waals surface area contributed by atoms with Crippen LogP contribution in [0.15, 0.2) is 79.1 Å². The number of fused-ring (bicyclic) bond motifs is 9. The molecule has 0 unspecified atom stereocenters. The molecular weight excluding hydrogens is 1330 g/mol. The fraction of sp³-hybridized carbons (Fsp3) is 0.550. The number of methoxy groups -OCH3 is 3. The summed E-state index contributed by atoms with van der Waals surface area (Å²) in [6.07, 6.45) is 26.3. The molecule has 7 aliphatic rings. The first-order valence-electron chi connectivity index (χ1n) is 38.4. The van der Waals surface area contributed by atoms with Gasteiger partial charge in [-0.25, -0.2) is 29.3 Å². The average molecular weight is 1430 g/mol. The van der Waals surface area contributed by atoms with Crippen molar-refractivity contribution in [2.75, 3.05) is 54.0 Å². The number of ether oxygens (including phenoxy) is 3. The molecular formula is C80H102N16O9. The first-order chi connectivity index (χ1) is 51.0. The number of nitrogens with zero attached hydrogens (tertiary/aromatic N) is 15. The number of aryl methyl sites for hydroxylation is 7. The number of aromatic amines is 1. The van der Waals surface area contributed by atoms with Gasteiger partial charge in [-0.2, -0.15) is 10.3 Å². The van der Waals surface area contributed by atoms with Crippen LogP contribution in [-0.2, 0) is 68.9 Å². The lowest BCUT2D eigenvalue weighted by atomic mass is 9.83. The monoisotopic (exact) mass is 1430 g/mol. The first kappa shape index (κ1) is 72.3. The molecule has 4 fully saturated rings. The van der Waals surface area contributed by atoms with Crippen molar-refractivity contribution < 1.29 is 43.3 Å². The molecule has 556 valence electrons. The zero-order valence-electron chi connectivity index (χ0n) is 62.2. The number of piperidine rings is 1. The van der Waals surface area contributed by atoms with E-state index in [1.807, 2.05) is 43.1 Å². The predicted octanol–water partition coefficient (Wildman–Crippen LogP) is 14.8. The molecule has 105 heavy (non-hydrogen) atoms. The Hall–Kier alpha value is -9.68. The molecule has 9 aromatic rings. The highest BCUT2D eigenvalue weighted by Gasteiger charge is 2.38. The molecule has 2 N–H and O–H groups in total. The van der Waals surface area contributed by atoms with E-state index in [0.29, 0.717) is 36.7 Å². The molecule has 3 amide bonds. The van der Waals surface area contributed by atoms with Crippen LogP contribution in [0.2, 0.25) is 0 Å². The smallest absolute Gasteiger partial charge is 0.414 e. The van der Waals surface area contributed by atoms with Gasteiger partial charge in [0.2, 0.25) is 0 Å². The quantitative estimate of drug-likeness (QED) is 0.0958. The van der Waals surface area contributed by atoms with Crippen LogP contribution in [0.1, 0.15) is 207 Å². The topological polar surface area (TPSA) is 272 Å². The number of nitrogens with one attached hydrogen (secondary N) is 1. The van der Waals surface area contributed by atoms with Gasteiger partial charge in [-0.05, 0) is 196 Å². The molecule has 4 aromatic carbocycles. The number of hydrogen-bond acceptors (Lipinski definition) is 16. The molecule has 16 rings (SSSR count). The van der Waals surface area contributed by atoms with Crippen LogP contribution in [0.4, 0.5) is 37.4 Å². The summed E-state index contributed by atoms with van der Waals surface area (Å²) in [4.78, 5) is 84.7. The van der Waals surface area contributed by atoms with E-state index in [0.717, 1.165) is 208 Å². The van der Waals surface area contributed by atoms with Crippen molar-refractivity contribution in [2.24, 2.45) is 17.8 Å². The molecule has 25 nitrogen and oxygen atoms in total. The number of anilines is 4. The van der Waals surface area contributed by atoms with Crippen molar-refractivity contribution in [3.8, 4) is 0 Å². The second kappa shape index (κ2) is 31.6. The van der Waals surface area contributed by atoms with Gasteiger partial charge in [0.15, 0.2) is 0 Å². The molecule has 3 aliphatic carbocycles. The van der Waals surface area contributed by atoms with Crippen LogP contribution < -0.4 is 19.6 Å². The second-order valence-corrected chi connectivity index (χ2v) is 30.5. The Kier molecular flexibility index (Phi) is 21.7. The first-order valence-corrected chi connectivity index (χ1v) is 38.4. The van der Waals surface area contributed by atoms with Crippen LogP contribution in [0, 0.1) is 24.7 Å². The van der Waals surface area contributed by atoms with Gasteiger partial charge in [0.05, 0.1) is 83.6 Å². The summed E-state index contributed by atoms with van der Waals surface area (Å²) < 4.78 is 24.5. The molecule has 1 saturated heterocycles. The third-order valence-electron chi connectivity index (χ3n) is 23.9. The van der Waals surface area contributed by atoms with Gasteiger partial charge in [0, 0.05) is 104 Å². The van der Waals surface area contributed by atoms with Gasteiger partial charge in [-0.1, -0.05) is 67.5 Å². The number of rotatable bonds is 14. The molecule has 3 saturated carbocycles. The lowest BCUT2D eigenvalue weighted by Gasteiger charge is -2.34. The van der Waals surface area contributed by atoms with Crippen molar-refractivity contribution in [3.05, 3.63) is 124 Å². The van der Waals surface area contributed by atoms with E-state index in [1.165, 1.54) is 75.9 Å². The van der Waals surface area contributed by atoms with E-state index in [1.54, 1.807) is 21.6 Å². The number of carbonyl (C=O) groups excluding carboxylic acids is 4. The maximum atomic E-state index is 12.6. The summed E-state index contributed by atoms with van der Waals surface area (Å²) in [6.45, 7) is 12.4. The number of carboxylic acid groups (broad SMARTS) is 1. The standard InChI is InChI=1S/C28H39N3O3.C26H30N8O2.C26H33N5O4/c1-18-11-13-23-24(30(18)28(33)34-3)14-15-25-27(23)29-26(16-12-20-7-4-5-8-20)31(25)22-10-6-9-21(17-22)19(2)32;1-17-8-9-20-21(33(17)26(35)36-2)10-11-22-24(20)27-23(16-18-6-4-3-5-7-18)34(22)19-12-14-32(15-13-19)25-28-30-31-29-25;1-16-14-27-29(15-16)13-12-23-28-24-20-9-4-17(2)30(26(34)35-3)21(20)10-11-22(24)31(23)19-7-5-18(6-8-19)25(32)33/h14-15,18,20-22H,4-13,16-17H2,1-3H3;3-7,10-11,17,19H,8-9,12-16H2,1-2H3,(H,28,29,30,31);10-11,14-15,17-19H,4-9,12-13H2,1-3H3,(H,32,33)/t18-,21+,22+;17-;17-,18?,19?/m000/s1. The normalized spacial score (nSPS) is 22.0. The highest BCUT2D eigenvalue weighted by Crippen LogP contribution is 2.45. The average Bonchev–Trinajstić information content (AvgIpc) is 1.64. The minimum Gasteiger partial charge on any atom is -0.481 e. The number of amides is 3. The fourth-order valence-corrected chi connectivity index (χ4v) is 18.3. The highest BCUT2D eigenvalue weighted by molar-refractivity contribution is 5.98. The number of aliphatic carboxylic acids is 1. The van der Waals surface area contributed by atoms with Crippen molar-refractivity contribution in [1.29, 1.82) is 0 Å². The largest absolute Gasteiger partial charge is 0.481 e. The number of imidazole rings is 3. The van der Waals surface area contributed by atoms with Gasteiger partial charge in [-0.3, -0.25) is 29.0 Å². The molecule has 4 aliphatic heterocycles. The number of H-pyrrole nitrogens is 1. The Labute approximate surface area is 613 Å². The van der Waals surface area contributed by atoms with Crippen molar-refractivity contribution >= 4 is 86.1 Å². The maximum absolute atomic E-state index is 12.6. The number of carbonyl (C=O) groups is 5. The van der Waals surface area contributed by atoms with Crippen LogP contribution >= 0.6 is 0 Å². The van der Waals surface area contributed by atoms with Crippen molar-refractivity contribution in [3.63, 3.8) is 0 Å². The molecule has 0 spiro atoms. The molecule has 5 atom stereocenters. The Morgan fingerprint density at radius 2 is 1.06 bits per heavy atom. The lowest BCUT2D eigenvalue weighted by Crippen LogP contribution is -2.42.